The molecule has 0 unspecified atom stereocenters. The monoisotopic (exact) mass is 425 g/mol. The molecule has 3 heterocycles. The zero-order valence-corrected chi connectivity index (χ0v) is 18.1. The number of rotatable bonds is 5. The van der Waals surface area contributed by atoms with Crippen LogP contribution in [0.5, 0.6) is 0 Å². The van der Waals surface area contributed by atoms with Gasteiger partial charge in [-0.3, -0.25) is 14.4 Å². The molecule has 1 spiro atoms. The van der Waals surface area contributed by atoms with E-state index >= 15 is 0 Å². The van der Waals surface area contributed by atoms with Crippen LogP contribution in [0.3, 0.4) is 0 Å². The summed E-state index contributed by atoms with van der Waals surface area (Å²) in [6.45, 7) is 4.33. The molecule has 8 heteroatoms. The number of anilines is 1. The Morgan fingerprint density at radius 2 is 2.23 bits per heavy atom. The van der Waals surface area contributed by atoms with Crippen molar-refractivity contribution in [3.05, 3.63) is 23.9 Å². The Hall–Kier alpha value is -2.64. The van der Waals surface area contributed by atoms with Crippen LogP contribution in [-0.4, -0.2) is 52.9 Å². The third-order valence-electron chi connectivity index (χ3n) is 7.93. The van der Waals surface area contributed by atoms with Gasteiger partial charge in [0.15, 0.2) is 0 Å². The van der Waals surface area contributed by atoms with E-state index in [1.54, 1.807) is 18.3 Å². The molecule has 8 nitrogen and oxygen atoms in total. The summed E-state index contributed by atoms with van der Waals surface area (Å²) >= 11 is 0. The van der Waals surface area contributed by atoms with E-state index in [2.05, 4.69) is 27.9 Å². The number of aromatic nitrogens is 1. The average Bonchev–Trinajstić information content (AvgIpc) is 3.15. The second kappa shape index (κ2) is 7.50. The highest BCUT2D eigenvalue weighted by molar-refractivity contribution is 6.01. The van der Waals surface area contributed by atoms with Crippen LogP contribution in [0.25, 0.3) is 0 Å². The molecule has 4 fully saturated rings. The lowest BCUT2D eigenvalue weighted by Gasteiger charge is -2.60. The van der Waals surface area contributed by atoms with Crippen LogP contribution >= 0.6 is 0 Å². The van der Waals surface area contributed by atoms with Crippen LogP contribution in [0.2, 0.25) is 0 Å². The van der Waals surface area contributed by atoms with Crippen molar-refractivity contribution in [3.63, 3.8) is 0 Å². The summed E-state index contributed by atoms with van der Waals surface area (Å²) in [4.78, 5) is 43.8. The average molecular weight is 426 g/mol. The van der Waals surface area contributed by atoms with E-state index in [1.807, 2.05) is 4.90 Å². The lowest BCUT2D eigenvalue weighted by Crippen LogP contribution is -2.70. The SMILES string of the molecule is C[C@]12CC[C@H](C[C@@H]1C(=O)NCCCN1CCCC1=O)[C@]1(C2)NC(=O)c2cccnc2N1. The summed E-state index contributed by atoms with van der Waals surface area (Å²) in [6.07, 6.45) is 7.51. The number of likely N-dealkylation sites (tertiary alicyclic amines) is 1. The Morgan fingerprint density at radius 1 is 1.35 bits per heavy atom. The molecule has 2 aliphatic heterocycles. The van der Waals surface area contributed by atoms with Gasteiger partial charge in [-0.25, -0.2) is 4.98 Å². The first-order valence-electron chi connectivity index (χ1n) is 11.5. The highest BCUT2D eigenvalue weighted by atomic mass is 16.2. The van der Waals surface area contributed by atoms with Gasteiger partial charge in [-0.05, 0) is 56.1 Å². The van der Waals surface area contributed by atoms with Gasteiger partial charge >= 0.3 is 0 Å². The molecule has 2 bridgehead atoms. The fourth-order valence-electron chi connectivity index (χ4n) is 6.27. The molecule has 3 amide bonds. The third kappa shape index (κ3) is 3.46. The second-order valence-corrected chi connectivity index (χ2v) is 9.93. The van der Waals surface area contributed by atoms with Gasteiger partial charge in [-0.15, -0.1) is 0 Å². The molecular formula is C23H31N5O3. The first-order valence-corrected chi connectivity index (χ1v) is 11.5. The normalized spacial score (nSPS) is 33.8. The van der Waals surface area contributed by atoms with Crippen LogP contribution in [0, 0.1) is 17.3 Å². The van der Waals surface area contributed by atoms with Gasteiger partial charge in [0.2, 0.25) is 11.8 Å². The third-order valence-corrected chi connectivity index (χ3v) is 7.93. The molecule has 6 rings (SSSR count). The maximum Gasteiger partial charge on any atom is 0.256 e. The minimum atomic E-state index is -0.529. The van der Waals surface area contributed by atoms with Gasteiger partial charge < -0.3 is 20.9 Å². The Balaban J connectivity index is 1.23. The van der Waals surface area contributed by atoms with Gasteiger partial charge in [0.1, 0.15) is 11.5 Å². The molecule has 5 aliphatic rings. The summed E-state index contributed by atoms with van der Waals surface area (Å²) in [7, 11) is 0. The van der Waals surface area contributed by atoms with Crippen LogP contribution < -0.4 is 16.0 Å². The van der Waals surface area contributed by atoms with E-state index in [9.17, 15) is 14.4 Å². The minimum Gasteiger partial charge on any atom is -0.356 e. The fraction of sp³-hybridized carbons (Fsp3) is 0.652. The molecule has 0 aromatic carbocycles. The van der Waals surface area contributed by atoms with Gasteiger partial charge in [0, 0.05) is 44.1 Å². The minimum absolute atomic E-state index is 0.0610. The van der Waals surface area contributed by atoms with Crippen molar-refractivity contribution in [3.8, 4) is 0 Å². The van der Waals surface area contributed by atoms with Crippen LogP contribution in [-0.2, 0) is 9.59 Å². The van der Waals surface area contributed by atoms with Gasteiger partial charge in [-0.2, -0.15) is 0 Å². The first kappa shape index (κ1) is 20.3. The fourth-order valence-corrected chi connectivity index (χ4v) is 6.27. The molecule has 166 valence electrons. The molecule has 4 atom stereocenters. The number of fused-ring (bicyclic) bond motifs is 3. The number of hydrogen-bond donors (Lipinski definition) is 3. The van der Waals surface area contributed by atoms with Crippen molar-refractivity contribution >= 4 is 23.5 Å². The number of carbonyl (C=O) groups excluding carboxylic acids is 3. The second-order valence-electron chi connectivity index (χ2n) is 9.93. The zero-order chi connectivity index (χ0) is 21.6. The molecule has 1 aromatic rings. The van der Waals surface area contributed by atoms with Crippen molar-refractivity contribution in [1.29, 1.82) is 0 Å². The maximum atomic E-state index is 13.1. The van der Waals surface area contributed by atoms with E-state index < -0.39 is 5.66 Å². The first-order chi connectivity index (χ1) is 14.9. The zero-order valence-electron chi connectivity index (χ0n) is 18.1. The summed E-state index contributed by atoms with van der Waals surface area (Å²) in [5, 5.41) is 9.89. The predicted molar refractivity (Wildman–Crippen MR) is 115 cm³/mol. The highest BCUT2D eigenvalue weighted by Gasteiger charge is 2.60. The summed E-state index contributed by atoms with van der Waals surface area (Å²) < 4.78 is 0. The number of hydrogen-bond acceptors (Lipinski definition) is 5. The molecule has 0 radical (unpaired) electrons. The molecule has 31 heavy (non-hydrogen) atoms. The van der Waals surface area contributed by atoms with Crippen LogP contribution in [0.4, 0.5) is 5.82 Å². The van der Waals surface area contributed by atoms with Gasteiger partial charge in [-0.1, -0.05) is 6.92 Å². The van der Waals surface area contributed by atoms with Crippen molar-refractivity contribution in [2.75, 3.05) is 25.0 Å². The smallest absolute Gasteiger partial charge is 0.256 e. The topological polar surface area (TPSA) is 103 Å². The van der Waals surface area contributed by atoms with E-state index in [0.717, 1.165) is 45.2 Å². The Morgan fingerprint density at radius 3 is 3.00 bits per heavy atom. The number of pyridine rings is 1. The number of amides is 3. The Bertz CT molecular complexity index is 920. The van der Waals surface area contributed by atoms with Crippen molar-refractivity contribution in [2.24, 2.45) is 17.3 Å². The summed E-state index contributed by atoms with van der Waals surface area (Å²) in [6, 6.07) is 3.55. The van der Waals surface area contributed by atoms with Gasteiger partial charge in [0.05, 0.1) is 5.56 Å². The summed E-state index contributed by atoms with van der Waals surface area (Å²) in [5.74, 6) is 1.01. The molecule has 3 aliphatic carbocycles. The van der Waals surface area contributed by atoms with E-state index in [4.69, 9.17) is 0 Å². The van der Waals surface area contributed by atoms with Crippen LogP contribution in [0.15, 0.2) is 18.3 Å². The quantitative estimate of drug-likeness (QED) is 0.625. The standard InChI is InChI=1S/C23H31N5O3/c1-22-8-7-15(23(14-22)26-19-16(20(30)27-23)5-2-9-24-19)13-17(22)21(31)25-10-4-12-28-11-3-6-18(28)29/h2,5,9,15,17H,3-4,6-8,10-14H2,1H3,(H,24,26)(H,25,31)(H,27,30)/t15-,17-,22-,23+/m1/s1. The molecule has 3 saturated carbocycles. The highest BCUT2D eigenvalue weighted by Crippen LogP contribution is 2.58. The maximum absolute atomic E-state index is 13.1. The predicted octanol–water partition coefficient (Wildman–Crippen LogP) is 1.89. The molecular weight excluding hydrogens is 394 g/mol. The largest absolute Gasteiger partial charge is 0.356 e. The number of nitrogens with one attached hydrogen (secondary N) is 3. The molecule has 1 aromatic heterocycles. The van der Waals surface area contributed by atoms with Gasteiger partial charge in [0.25, 0.3) is 5.91 Å². The lowest BCUT2D eigenvalue weighted by molar-refractivity contribution is -0.139. The van der Waals surface area contributed by atoms with Crippen molar-refractivity contribution in [1.82, 2.24) is 20.5 Å². The molecule has 1 saturated heterocycles. The van der Waals surface area contributed by atoms with Crippen molar-refractivity contribution < 1.29 is 14.4 Å². The van der Waals surface area contributed by atoms with E-state index in [-0.39, 0.29) is 35.0 Å². The van der Waals surface area contributed by atoms with E-state index in [0.29, 0.717) is 30.8 Å². The Kier molecular flexibility index (Phi) is 4.90. The number of carbonyl (C=O) groups is 3. The van der Waals surface area contributed by atoms with Crippen LogP contribution in [0.1, 0.15) is 62.2 Å². The lowest BCUT2D eigenvalue weighted by atomic mass is 9.51. The molecule has 3 N–H and O–H groups in total. The summed E-state index contributed by atoms with van der Waals surface area (Å²) in [5.41, 5.74) is -0.139. The van der Waals surface area contributed by atoms with E-state index in [1.165, 1.54) is 0 Å². The Labute approximate surface area is 182 Å². The van der Waals surface area contributed by atoms with Crippen molar-refractivity contribution in [2.45, 2.75) is 57.5 Å². The number of nitrogens with zero attached hydrogens (tertiary/aromatic N) is 2.